The van der Waals surface area contributed by atoms with E-state index in [1.54, 1.807) is 0 Å². The van der Waals surface area contributed by atoms with Crippen molar-refractivity contribution in [2.45, 2.75) is 47.1 Å². The average molecular weight is 391 g/mol. The van der Waals surface area contributed by atoms with E-state index in [-0.39, 0.29) is 13.5 Å². The summed E-state index contributed by atoms with van der Waals surface area (Å²) < 4.78 is -0.347. The third kappa shape index (κ3) is 2.62. The fraction of sp³-hybridized carbons (Fsp3) is 0.900. The second-order valence-corrected chi connectivity index (χ2v) is 9.46. The first kappa shape index (κ1) is 13.2. The van der Waals surface area contributed by atoms with Gasteiger partial charge in [-0.15, -0.1) is 0 Å². The Morgan fingerprint density at radius 3 is 2.36 bits per heavy atom. The summed E-state index contributed by atoms with van der Waals surface area (Å²) in [6.45, 7) is 6.20. The summed E-state index contributed by atoms with van der Waals surface area (Å²) in [7, 11) is 0. The Bertz CT molecular complexity index is 242. The summed E-state index contributed by atoms with van der Waals surface area (Å²) in [5.41, 5.74) is 0. The van der Waals surface area contributed by atoms with E-state index < -0.39 is 0 Å². The first-order chi connectivity index (χ1) is 6.15. The van der Waals surface area contributed by atoms with Crippen LogP contribution in [0.4, 0.5) is 0 Å². The zero-order valence-corrected chi connectivity index (χ0v) is 13.4. The van der Waals surface area contributed by atoms with Gasteiger partial charge < -0.3 is 0 Å². The maximum absolute atomic E-state index is 11.9. The van der Waals surface area contributed by atoms with Crippen molar-refractivity contribution in [1.29, 1.82) is 0 Å². The van der Waals surface area contributed by atoms with Gasteiger partial charge in [0.05, 0.1) is 4.32 Å². The third-order valence-electron chi connectivity index (χ3n) is 3.03. The van der Waals surface area contributed by atoms with Crippen LogP contribution in [0.5, 0.6) is 0 Å². The molecule has 0 aromatic heterocycles. The maximum Gasteiger partial charge on any atom is 0.150 e. The second kappa shape index (κ2) is 4.17. The van der Waals surface area contributed by atoms with Crippen molar-refractivity contribution >= 4 is 53.6 Å². The molecule has 4 heteroatoms. The molecule has 0 aliphatic heterocycles. The molecule has 1 nitrogen and oxygen atoms in total. The van der Waals surface area contributed by atoms with Gasteiger partial charge in [-0.2, -0.15) is 0 Å². The van der Waals surface area contributed by atoms with Gasteiger partial charge in [0.1, 0.15) is 0 Å². The third-order valence-corrected chi connectivity index (χ3v) is 6.57. The molecule has 0 aromatic rings. The zero-order chi connectivity index (χ0) is 11.1. The predicted octanol–water partition coefficient (Wildman–Crippen LogP) is 4.06. The van der Waals surface area contributed by atoms with E-state index in [1.807, 2.05) is 6.92 Å². The summed E-state index contributed by atoms with van der Waals surface area (Å²) in [5, 5.41) is 0. The summed E-state index contributed by atoms with van der Waals surface area (Å²) >= 11 is 10.7. The second-order valence-electron chi connectivity index (χ2n) is 4.67. The van der Waals surface area contributed by atoms with Crippen molar-refractivity contribution in [2.75, 3.05) is 0 Å². The van der Waals surface area contributed by atoms with E-state index in [0.29, 0.717) is 18.1 Å². The van der Waals surface area contributed by atoms with Crippen LogP contribution in [0.25, 0.3) is 0 Å². The summed E-state index contributed by atoms with van der Waals surface area (Å²) in [6.07, 6.45) is 1.67. The van der Waals surface area contributed by atoms with Crippen molar-refractivity contribution < 1.29 is 4.79 Å². The van der Waals surface area contributed by atoms with Crippen LogP contribution in [0.3, 0.4) is 0 Å². The Morgan fingerprint density at radius 1 is 1.50 bits per heavy atom. The first-order valence-electron chi connectivity index (χ1n) is 4.71. The molecule has 1 aliphatic carbocycles. The highest BCUT2D eigenvalue weighted by Crippen LogP contribution is 2.45. The molecule has 0 N–H and O–H groups in total. The molecule has 0 bridgehead atoms. The van der Waals surface area contributed by atoms with Crippen LogP contribution in [-0.2, 0) is 4.79 Å². The molecule has 0 heterocycles. The quantitative estimate of drug-likeness (QED) is 0.617. The standard InChI is InChI=1S/C10H15Br3O/c1-9(2,12)6-4-7(11)10(3,13)8(14)5-6/h6-7H,4-5H2,1-3H3/t6-,7-,10+/m1/s1. The van der Waals surface area contributed by atoms with Crippen molar-refractivity contribution in [1.82, 2.24) is 0 Å². The van der Waals surface area contributed by atoms with Crippen LogP contribution in [0.2, 0.25) is 0 Å². The largest absolute Gasteiger partial charge is 0.298 e. The lowest BCUT2D eigenvalue weighted by atomic mass is 9.76. The number of Topliss-reactive ketones (excluding diaryl/α,β-unsaturated/α-hetero) is 1. The average Bonchev–Trinajstić information content (AvgIpc) is 1.98. The van der Waals surface area contributed by atoms with Crippen LogP contribution in [0.15, 0.2) is 0 Å². The zero-order valence-electron chi connectivity index (χ0n) is 8.61. The summed E-state index contributed by atoms with van der Waals surface area (Å²) in [4.78, 5) is 12.1. The van der Waals surface area contributed by atoms with Crippen LogP contribution >= 0.6 is 47.8 Å². The van der Waals surface area contributed by atoms with Crippen LogP contribution in [0, 0.1) is 5.92 Å². The number of alkyl halides is 3. The van der Waals surface area contributed by atoms with Crippen molar-refractivity contribution in [3.05, 3.63) is 0 Å². The predicted molar refractivity (Wildman–Crippen MR) is 70.8 cm³/mol. The van der Waals surface area contributed by atoms with Gasteiger partial charge in [0.25, 0.3) is 0 Å². The van der Waals surface area contributed by atoms with Gasteiger partial charge in [-0.05, 0) is 33.1 Å². The minimum atomic E-state index is -0.387. The Balaban J connectivity index is 2.81. The minimum absolute atomic E-state index is 0.0399. The minimum Gasteiger partial charge on any atom is -0.298 e. The number of halogens is 3. The van der Waals surface area contributed by atoms with Crippen LogP contribution in [-0.4, -0.2) is 19.3 Å². The number of ketones is 1. The normalized spacial score (nSPS) is 40.0. The van der Waals surface area contributed by atoms with Crippen molar-refractivity contribution in [2.24, 2.45) is 5.92 Å². The van der Waals surface area contributed by atoms with Crippen molar-refractivity contribution in [3.63, 3.8) is 0 Å². The SMILES string of the molecule is CC(C)(Br)[C@H]1CC(=O)[C@@](C)(Br)[C@H](Br)C1. The number of rotatable bonds is 1. The Morgan fingerprint density at radius 2 is 2.00 bits per heavy atom. The van der Waals surface area contributed by atoms with E-state index in [0.717, 1.165) is 6.42 Å². The molecule has 0 radical (unpaired) electrons. The van der Waals surface area contributed by atoms with E-state index >= 15 is 0 Å². The lowest BCUT2D eigenvalue weighted by Crippen LogP contribution is -2.47. The number of carbonyl (C=O) groups excluding carboxylic acids is 1. The number of hydrogen-bond donors (Lipinski definition) is 0. The topological polar surface area (TPSA) is 17.1 Å². The lowest BCUT2D eigenvalue weighted by Gasteiger charge is -2.40. The molecule has 0 amide bonds. The summed E-state index contributed by atoms with van der Waals surface area (Å²) in [5.74, 6) is 0.702. The first-order valence-corrected chi connectivity index (χ1v) is 7.21. The molecule has 1 aliphatic rings. The molecule has 0 unspecified atom stereocenters. The summed E-state index contributed by atoms with van der Waals surface area (Å²) in [6, 6.07) is 0. The molecular formula is C10H15Br3O. The lowest BCUT2D eigenvalue weighted by molar-refractivity contribution is -0.123. The van der Waals surface area contributed by atoms with Gasteiger partial charge in [-0.1, -0.05) is 47.8 Å². The molecule has 82 valence electrons. The fourth-order valence-electron chi connectivity index (χ4n) is 1.68. The van der Waals surface area contributed by atoms with E-state index in [1.165, 1.54) is 0 Å². The van der Waals surface area contributed by atoms with E-state index in [4.69, 9.17) is 0 Å². The Labute approximate surface area is 111 Å². The highest BCUT2D eigenvalue weighted by Gasteiger charge is 2.46. The van der Waals surface area contributed by atoms with Crippen LogP contribution < -0.4 is 0 Å². The van der Waals surface area contributed by atoms with Gasteiger partial charge in [0, 0.05) is 15.6 Å². The van der Waals surface area contributed by atoms with Crippen LogP contribution in [0.1, 0.15) is 33.6 Å². The molecule has 1 fully saturated rings. The molecular weight excluding hydrogens is 376 g/mol. The van der Waals surface area contributed by atoms with Gasteiger partial charge in [-0.25, -0.2) is 0 Å². The van der Waals surface area contributed by atoms with Crippen molar-refractivity contribution in [3.8, 4) is 0 Å². The van der Waals surface area contributed by atoms with Gasteiger partial charge in [0.2, 0.25) is 0 Å². The van der Waals surface area contributed by atoms with E-state index in [2.05, 4.69) is 61.6 Å². The molecule has 0 aromatic carbocycles. The fourth-order valence-corrected chi connectivity index (χ4v) is 3.08. The molecule has 3 atom stereocenters. The maximum atomic E-state index is 11.9. The monoisotopic (exact) mass is 388 g/mol. The smallest absolute Gasteiger partial charge is 0.150 e. The van der Waals surface area contributed by atoms with E-state index in [9.17, 15) is 4.79 Å². The van der Waals surface area contributed by atoms with Gasteiger partial charge in [0.15, 0.2) is 5.78 Å². The molecule has 0 saturated heterocycles. The highest BCUT2D eigenvalue weighted by atomic mass is 79.9. The molecule has 14 heavy (non-hydrogen) atoms. The molecule has 1 saturated carbocycles. The Hall–Kier alpha value is 1.11. The van der Waals surface area contributed by atoms with Gasteiger partial charge in [-0.3, -0.25) is 4.79 Å². The number of hydrogen-bond acceptors (Lipinski definition) is 1. The Kier molecular flexibility index (Phi) is 3.93. The number of carbonyl (C=O) groups is 1. The highest BCUT2D eigenvalue weighted by molar-refractivity contribution is 9.12. The molecule has 0 spiro atoms. The molecule has 1 rings (SSSR count). The van der Waals surface area contributed by atoms with Gasteiger partial charge >= 0.3 is 0 Å².